The summed E-state index contributed by atoms with van der Waals surface area (Å²) >= 11 is 0. The number of ether oxygens (including phenoxy) is 1. The monoisotopic (exact) mass is 400 g/mol. The van der Waals surface area contributed by atoms with Crippen molar-refractivity contribution in [2.45, 2.75) is 12.8 Å². The Labute approximate surface area is 167 Å². The van der Waals surface area contributed by atoms with E-state index in [1.165, 1.54) is 35.9 Å². The fourth-order valence-corrected chi connectivity index (χ4v) is 3.29. The Morgan fingerprint density at radius 1 is 1.24 bits per heavy atom. The van der Waals surface area contributed by atoms with Gasteiger partial charge in [-0.25, -0.2) is 9.18 Å². The summed E-state index contributed by atoms with van der Waals surface area (Å²) in [5, 5.41) is 20.4. The van der Waals surface area contributed by atoms with Crippen LogP contribution < -0.4 is 4.74 Å². The maximum atomic E-state index is 13.0. The number of benzene rings is 2. The molecule has 1 aliphatic heterocycles. The van der Waals surface area contributed by atoms with Crippen molar-refractivity contribution in [3.05, 3.63) is 75.6 Å². The summed E-state index contributed by atoms with van der Waals surface area (Å²) < 4.78 is 18.5. The summed E-state index contributed by atoms with van der Waals surface area (Å²) in [7, 11) is 0. The molecule has 1 heterocycles. The van der Waals surface area contributed by atoms with E-state index in [9.17, 15) is 24.4 Å². The van der Waals surface area contributed by atoms with E-state index in [4.69, 9.17) is 4.74 Å². The number of rotatable bonds is 8. The molecule has 0 atom stereocenters. The molecule has 0 saturated heterocycles. The minimum absolute atomic E-state index is 0.177. The van der Waals surface area contributed by atoms with Crippen molar-refractivity contribution in [2.75, 3.05) is 26.2 Å². The van der Waals surface area contributed by atoms with Crippen LogP contribution in [0.4, 0.5) is 10.1 Å². The van der Waals surface area contributed by atoms with E-state index < -0.39 is 10.9 Å². The summed E-state index contributed by atoms with van der Waals surface area (Å²) in [4.78, 5) is 24.0. The largest absolute Gasteiger partial charge is 0.486 e. The lowest BCUT2D eigenvalue weighted by Gasteiger charge is -2.26. The predicted molar refractivity (Wildman–Crippen MR) is 106 cm³/mol. The van der Waals surface area contributed by atoms with Crippen molar-refractivity contribution in [2.24, 2.45) is 0 Å². The van der Waals surface area contributed by atoms with Crippen LogP contribution in [0.3, 0.4) is 0 Å². The molecule has 152 valence electrons. The van der Waals surface area contributed by atoms with E-state index in [-0.39, 0.29) is 29.4 Å². The highest BCUT2D eigenvalue weighted by atomic mass is 19.1. The third-order valence-corrected chi connectivity index (χ3v) is 4.79. The first-order valence-corrected chi connectivity index (χ1v) is 9.26. The lowest BCUT2D eigenvalue weighted by molar-refractivity contribution is -0.385. The SMILES string of the molecule is O=C(O)c1cccc([N+](=O)[O-])c1OCCCN1CC=C(c2ccc(F)cc2)CC1. The van der Waals surface area contributed by atoms with E-state index >= 15 is 0 Å². The van der Waals surface area contributed by atoms with Crippen LogP contribution in [0.15, 0.2) is 48.5 Å². The van der Waals surface area contributed by atoms with Gasteiger partial charge in [-0.3, -0.25) is 15.0 Å². The van der Waals surface area contributed by atoms with Gasteiger partial charge in [0.2, 0.25) is 5.75 Å². The van der Waals surface area contributed by atoms with Gasteiger partial charge in [-0.2, -0.15) is 0 Å². The number of nitro benzene ring substituents is 1. The van der Waals surface area contributed by atoms with Crippen LogP contribution in [0.25, 0.3) is 5.57 Å². The second kappa shape index (κ2) is 9.29. The van der Waals surface area contributed by atoms with Gasteiger partial charge in [0, 0.05) is 25.7 Å². The molecule has 0 saturated carbocycles. The standard InChI is InChI=1S/C21H21FN2O5/c22-17-7-5-15(6-8-17)16-9-12-23(13-10-16)11-2-14-29-20-18(21(25)26)3-1-4-19(20)24(27)28/h1,3-9H,2,10-14H2,(H,25,26). The van der Waals surface area contributed by atoms with Crippen LogP contribution in [0.2, 0.25) is 0 Å². The number of hydrogen-bond acceptors (Lipinski definition) is 5. The molecule has 3 rings (SSSR count). The average molecular weight is 400 g/mol. The van der Waals surface area contributed by atoms with Crippen molar-refractivity contribution >= 4 is 17.2 Å². The van der Waals surface area contributed by atoms with Crippen molar-refractivity contribution in [3.63, 3.8) is 0 Å². The minimum atomic E-state index is -1.27. The maximum absolute atomic E-state index is 13.0. The molecule has 0 aromatic heterocycles. The quantitative estimate of drug-likeness (QED) is 0.409. The van der Waals surface area contributed by atoms with Gasteiger partial charge in [0.25, 0.3) is 0 Å². The third-order valence-electron chi connectivity index (χ3n) is 4.79. The Bertz CT molecular complexity index is 895. The van der Waals surface area contributed by atoms with Crippen LogP contribution >= 0.6 is 0 Å². The van der Waals surface area contributed by atoms with E-state index in [0.29, 0.717) is 6.42 Å². The summed E-state index contributed by atoms with van der Waals surface area (Å²) in [6, 6.07) is 10.3. The van der Waals surface area contributed by atoms with Crippen LogP contribution in [-0.4, -0.2) is 47.1 Å². The smallest absolute Gasteiger partial charge is 0.339 e. The normalized spacial score (nSPS) is 14.3. The van der Waals surface area contributed by atoms with Crippen LogP contribution in [0.5, 0.6) is 5.75 Å². The minimum Gasteiger partial charge on any atom is -0.486 e. The molecule has 1 N–H and O–H groups in total. The number of nitro groups is 1. The molecule has 7 nitrogen and oxygen atoms in total. The Morgan fingerprint density at radius 2 is 2.00 bits per heavy atom. The number of hydrogen-bond donors (Lipinski definition) is 1. The van der Waals surface area contributed by atoms with Crippen molar-refractivity contribution in [3.8, 4) is 5.75 Å². The van der Waals surface area contributed by atoms with Crippen LogP contribution in [-0.2, 0) is 0 Å². The van der Waals surface area contributed by atoms with Crippen molar-refractivity contribution < 1.29 is 24.0 Å². The van der Waals surface area contributed by atoms with E-state index in [2.05, 4.69) is 11.0 Å². The molecule has 2 aromatic carbocycles. The molecule has 8 heteroatoms. The molecule has 29 heavy (non-hydrogen) atoms. The van der Waals surface area contributed by atoms with Crippen molar-refractivity contribution in [1.82, 2.24) is 4.90 Å². The number of aromatic carboxylic acids is 1. The Balaban J connectivity index is 1.52. The lowest BCUT2D eigenvalue weighted by Crippen LogP contribution is -2.30. The van der Waals surface area contributed by atoms with E-state index in [1.807, 2.05) is 0 Å². The number of carbonyl (C=O) groups is 1. The predicted octanol–water partition coefficient (Wildman–Crippen LogP) is 3.99. The Morgan fingerprint density at radius 3 is 2.62 bits per heavy atom. The Hall–Kier alpha value is -3.26. The van der Waals surface area contributed by atoms with Gasteiger partial charge in [-0.1, -0.05) is 24.3 Å². The summed E-state index contributed by atoms with van der Waals surface area (Å²) in [5.74, 6) is -1.73. The van der Waals surface area contributed by atoms with Crippen LogP contribution in [0.1, 0.15) is 28.8 Å². The molecule has 2 aromatic rings. The molecule has 0 radical (unpaired) electrons. The molecular formula is C21H21FN2O5. The number of carboxylic acids is 1. The summed E-state index contributed by atoms with van der Waals surface area (Å²) in [5.41, 5.74) is 1.63. The van der Waals surface area contributed by atoms with E-state index in [1.54, 1.807) is 12.1 Å². The topological polar surface area (TPSA) is 92.9 Å². The average Bonchev–Trinajstić information content (AvgIpc) is 2.72. The molecule has 1 aliphatic rings. The second-order valence-electron chi connectivity index (χ2n) is 6.70. The van der Waals surface area contributed by atoms with Gasteiger partial charge >= 0.3 is 11.7 Å². The molecule has 0 amide bonds. The highest BCUT2D eigenvalue weighted by molar-refractivity contribution is 5.92. The zero-order chi connectivity index (χ0) is 20.8. The Kier molecular flexibility index (Phi) is 6.56. The molecule has 0 bridgehead atoms. The lowest BCUT2D eigenvalue weighted by atomic mass is 9.99. The van der Waals surface area contributed by atoms with Gasteiger partial charge in [0.1, 0.15) is 11.4 Å². The summed E-state index contributed by atoms with van der Waals surface area (Å²) in [6.45, 7) is 2.49. The number of carboxylic acid groups (broad SMARTS) is 1. The molecule has 0 aliphatic carbocycles. The highest BCUT2D eigenvalue weighted by Crippen LogP contribution is 2.31. The van der Waals surface area contributed by atoms with Crippen LogP contribution in [0, 0.1) is 15.9 Å². The first-order chi connectivity index (χ1) is 14.0. The maximum Gasteiger partial charge on any atom is 0.339 e. The molecule has 0 fully saturated rings. The van der Waals surface area contributed by atoms with Gasteiger partial charge in [-0.15, -0.1) is 0 Å². The zero-order valence-corrected chi connectivity index (χ0v) is 15.7. The van der Waals surface area contributed by atoms with Gasteiger partial charge < -0.3 is 9.84 Å². The second-order valence-corrected chi connectivity index (χ2v) is 6.70. The zero-order valence-electron chi connectivity index (χ0n) is 15.7. The molecule has 0 unspecified atom stereocenters. The highest BCUT2D eigenvalue weighted by Gasteiger charge is 2.23. The van der Waals surface area contributed by atoms with Gasteiger partial charge in [0.05, 0.1) is 11.5 Å². The van der Waals surface area contributed by atoms with Crippen molar-refractivity contribution in [1.29, 1.82) is 0 Å². The first kappa shape index (κ1) is 20.5. The van der Waals surface area contributed by atoms with Gasteiger partial charge in [0.15, 0.2) is 0 Å². The molecule has 0 spiro atoms. The van der Waals surface area contributed by atoms with E-state index in [0.717, 1.165) is 31.6 Å². The summed E-state index contributed by atoms with van der Waals surface area (Å²) in [6.07, 6.45) is 3.56. The fourth-order valence-electron chi connectivity index (χ4n) is 3.29. The number of para-hydroxylation sites is 1. The number of nitrogens with zero attached hydrogens (tertiary/aromatic N) is 2. The third kappa shape index (κ3) is 5.17. The molecular weight excluding hydrogens is 379 g/mol. The van der Waals surface area contributed by atoms with Gasteiger partial charge in [-0.05, 0) is 42.2 Å². The number of halogens is 1. The fraction of sp³-hybridized carbons (Fsp3) is 0.286. The first-order valence-electron chi connectivity index (χ1n) is 9.26.